The number of amides is 6. The number of aliphatic hydroxyl groups is 1. The largest absolute Gasteiger partial charge is 0.443 e. The van der Waals surface area contributed by atoms with E-state index in [0.717, 1.165) is 12.0 Å². The average molecular weight is 959 g/mol. The van der Waals surface area contributed by atoms with Crippen molar-refractivity contribution in [3.8, 4) is 0 Å². The molecule has 19 nitrogen and oxygen atoms in total. The number of hydrogen-bond acceptors (Lipinski definition) is 14. The summed E-state index contributed by atoms with van der Waals surface area (Å²) in [6.07, 6.45) is 0.626. The van der Waals surface area contributed by atoms with Gasteiger partial charge in [-0.1, -0.05) is 12.1 Å². The maximum Gasteiger partial charge on any atom is 0.414 e. The van der Waals surface area contributed by atoms with Crippen LogP contribution in [0, 0.1) is 11.6 Å². The number of benzene rings is 3. The molecule has 3 aromatic rings. The predicted octanol–water partition coefficient (Wildman–Crippen LogP) is 1.22. The zero-order valence-corrected chi connectivity index (χ0v) is 38.3. The zero-order valence-electron chi connectivity index (χ0n) is 36.6. The molecule has 0 aromatic heterocycles. The van der Waals surface area contributed by atoms with E-state index in [1.807, 2.05) is 9.80 Å². The Labute approximate surface area is 384 Å². The monoisotopic (exact) mass is 958 g/mol. The summed E-state index contributed by atoms with van der Waals surface area (Å²) in [4.78, 5) is 84.4. The molecule has 0 aliphatic carbocycles. The number of piperazine rings is 2. The number of carbonyl (C=O) groups excluding carboxylic acids is 6. The van der Waals surface area contributed by atoms with Crippen LogP contribution in [0.1, 0.15) is 20.7 Å². The van der Waals surface area contributed by atoms with E-state index in [4.69, 9.17) is 20.3 Å². The molecule has 6 amide bonds. The number of imide groups is 1. The lowest BCUT2D eigenvalue weighted by Gasteiger charge is -2.36. The predicted molar refractivity (Wildman–Crippen MR) is 242 cm³/mol. The number of nitrogens with zero attached hydrogens (tertiary/aromatic N) is 7. The Kier molecular flexibility index (Phi) is 16.4. The lowest BCUT2D eigenvalue weighted by Crippen LogP contribution is -2.50. The lowest BCUT2D eigenvalue weighted by atomic mass is 10.1. The second kappa shape index (κ2) is 22.0. The molecule has 356 valence electrons. The smallest absolute Gasteiger partial charge is 0.414 e. The van der Waals surface area contributed by atoms with Crippen LogP contribution in [0.25, 0.3) is 0 Å². The van der Waals surface area contributed by atoms with Gasteiger partial charge in [0.25, 0.3) is 11.8 Å². The molecule has 3 aromatic carbocycles. The van der Waals surface area contributed by atoms with Crippen molar-refractivity contribution < 1.29 is 60.5 Å². The first-order valence-corrected chi connectivity index (χ1v) is 24.4. The van der Waals surface area contributed by atoms with Gasteiger partial charge in [-0.2, -0.15) is 0 Å². The number of halogens is 2. The average Bonchev–Trinajstić information content (AvgIpc) is 3.95. The van der Waals surface area contributed by atoms with Gasteiger partial charge in [0.05, 0.1) is 53.5 Å². The highest BCUT2D eigenvalue weighted by Gasteiger charge is 2.41. The SMILES string of the molecule is CO.CS(=O)CC(=O)N1CCN(c2ccc(N3C[C@H](CN)OC3=O)cc2F)CC1.CS(=O)CC(=O)N1CCN(c2ccc(N3C[C@H](CN4C(=O)c5ccccc5C4=O)OC3=O)cc2F)CC1. The molecular weight excluding hydrogens is 907 g/mol. The number of carbonyl (C=O) groups is 6. The highest BCUT2D eigenvalue weighted by molar-refractivity contribution is 7.85. The summed E-state index contributed by atoms with van der Waals surface area (Å²) in [6.45, 7) is 4.00. The lowest BCUT2D eigenvalue weighted by molar-refractivity contribution is -0.129. The van der Waals surface area contributed by atoms with Crippen LogP contribution in [0.5, 0.6) is 0 Å². The van der Waals surface area contributed by atoms with E-state index < -0.39 is 63.3 Å². The van der Waals surface area contributed by atoms with Gasteiger partial charge in [-0.05, 0) is 48.5 Å². The van der Waals surface area contributed by atoms with Crippen LogP contribution in [0.4, 0.5) is 41.1 Å². The molecule has 4 fully saturated rings. The number of aliphatic hydroxyl groups excluding tert-OH is 1. The second-order valence-electron chi connectivity index (χ2n) is 15.7. The number of hydrogen-bond donors (Lipinski definition) is 2. The number of rotatable bonds is 11. The third kappa shape index (κ3) is 11.3. The van der Waals surface area contributed by atoms with E-state index >= 15 is 4.39 Å². The summed E-state index contributed by atoms with van der Waals surface area (Å²) in [6, 6.07) is 15.6. The number of nitrogens with two attached hydrogens (primary N) is 1. The van der Waals surface area contributed by atoms with Crippen molar-refractivity contribution >= 4 is 80.2 Å². The van der Waals surface area contributed by atoms with Crippen molar-refractivity contribution in [1.29, 1.82) is 0 Å². The maximum absolute atomic E-state index is 15.1. The maximum atomic E-state index is 15.1. The Balaban J connectivity index is 0.000000220. The van der Waals surface area contributed by atoms with Gasteiger partial charge in [-0.25, -0.2) is 18.4 Å². The third-order valence-corrected chi connectivity index (χ3v) is 12.7. The summed E-state index contributed by atoms with van der Waals surface area (Å²) in [5.74, 6) is -2.17. The van der Waals surface area contributed by atoms with Crippen LogP contribution < -0.4 is 25.3 Å². The summed E-state index contributed by atoms with van der Waals surface area (Å²) in [7, 11) is -1.38. The van der Waals surface area contributed by atoms with Crippen molar-refractivity contribution in [2.45, 2.75) is 12.2 Å². The fraction of sp³-hybridized carbons (Fsp3) is 0.442. The second-order valence-corrected chi connectivity index (χ2v) is 18.5. The van der Waals surface area contributed by atoms with Gasteiger partial charge in [0.15, 0.2) is 0 Å². The van der Waals surface area contributed by atoms with Gasteiger partial charge in [0.2, 0.25) is 11.8 Å². The number of fused-ring (bicyclic) bond motifs is 1. The minimum Gasteiger partial charge on any atom is -0.443 e. The molecule has 0 spiro atoms. The van der Waals surface area contributed by atoms with Gasteiger partial charge >= 0.3 is 12.2 Å². The molecule has 0 saturated carbocycles. The molecule has 5 aliphatic heterocycles. The molecule has 3 N–H and O–H groups in total. The van der Waals surface area contributed by atoms with Crippen molar-refractivity contribution in [3.05, 3.63) is 83.4 Å². The van der Waals surface area contributed by atoms with Gasteiger partial charge in [0.1, 0.15) is 35.3 Å². The van der Waals surface area contributed by atoms with Crippen LogP contribution in [-0.4, -0.2) is 186 Å². The Morgan fingerprint density at radius 3 is 1.41 bits per heavy atom. The van der Waals surface area contributed by atoms with Crippen LogP contribution in [-0.2, 0) is 40.7 Å². The Morgan fingerprint density at radius 1 is 0.652 bits per heavy atom. The summed E-state index contributed by atoms with van der Waals surface area (Å²) in [5, 5.41) is 7.00. The fourth-order valence-corrected chi connectivity index (χ4v) is 9.12. The zero-order chi connectivity index (χ0) is 47.8. The Morgan fingerprint density at radius 2 is 1.05 bits per heavy atom. The molecule has 5 aliphatic rings. The molecule has 4 atom stereocenters. The Bertz CT molecular complexity index is 2350. The number of cyclic esters (lactones) is 2. The van der Waals surface area contributed by atoms with Crippen LogP contribution in [0.15, 0.2) is 60.7 Å². The summed E-state index contributed by atoms with van der Waals surface area (Å²) >= 11 is 0. The molecule has 5 heterocycles. The van der Waals surface area contributed by atoms with Gasteiger partial charge in [0, 0.05) is 100 Å². The summed E-state index contributed by atoms with van der Waals surface area (Å²) in [5.41, 5.74) is 7.65. The first-order valence-electron chi connectivity index (χ1n) is 20.9. The van der Waals surface area contributed by atoms with Crippen LogP contribution in [0.3, 0.4) is 0 Å². The molecular formula is C43H52F2N8O11S2. The molecule has 0 bridgehead atoms. The number of anilines is 4. The normalized spacial score (nSPS) is 20.3. The highest BCUT2D eigenvalue weighted by atomic mass is 32.2. The highest BCUT2D eigenvalue weighted by Crippen LogP contribution is 2.31. The standard InChI is InChI=1S/C25H25FN4O6S.C17H23FN4O4S.CH4O/c1-37(35)15-22(31)28-10-8-27(9-11-28)21-7-6-16(12-20(21)26)29-13-17(36-25(29)34)14-30-23(32)18-4-2-3-5-19(18)24(30)33;1-27(25)11-16(23)21-6-4-20(5-7-21)15-3-2-12(8-14(15)18)22-10-13(9-19)26-17(22)24;1-2/h2-7,12,17H,8-11,13-15H2,1H3;2-3,8,13H,4-7,9-11,19H2,1H3;2H,1H3/t17-,37?;13-,27?;/m10./s1. The number of ether oxygens (including phenoxy) is 2. The molecule has 4 saturated heterocycles. The van der Waals surface area contributed by atoms with Crippen molar-refractivity contribution in [2.24, 2.45) is 5.73 Å². The molecule has 23 heteroatoms. The molecule has 0 radical (unpaired) electrons. The van der Waals surface area contributed by atoms with E-state index in [-0.39, 0.29) is 49.1 Å². The van der Waals surface area contributed by atoms with Gasteiger partial charge in [-0.15, -0.1) is 0 Å². The van der Waals surface area contributed by atoms with E-state index in [1.54, 1.807) is 58.3 Å². The van der Waals surface area contributed by atoms with E-state index in [0.29, 0.717) is 92.8 Å². The van der Waals surface area contributed by atoms with Crippen molar-refractivity contribution in [1.82, 2.24) is 14.7 Å². The minimum absolute atomic E-state index is 0.0127. The quantitative estimate of drug-likeness (QED) is 0.258. The van der Waals surface area contributed by atoms with Gasteiger partial charge < -0.3 is 39.9 Å². The first kappa shape index (κ1) is 49.4. The van der Waals surface area contributed by atoms with E-state index in [9.17, 15) is 41.6 Å². The molecule has 2 unspecified atom stereocenters. The van der Waals surface area contributed by atoms with Crippen LogP contribution in [0.2, 0.25) is 0 Å². The summed E-state index contributed by atoms with van der Waals surface area (Å²) < 4.78 is 62.7. The first-order chi connectivity index (χ1) is 31.6. The van der Waals surface area contributed by atoms with E-state index in [2.05, 4.69) is 0 Å². The minimum atomic E-state index is -1.21. The Hall–Kier alpha value is -6.04. The molecule has 66 heavy (non-hydrogen) atoms. The van der Waals surface area contributed by atoms with Crippen molar-refractivity contribution in [3.63, 3.8) is 0 Å². The van der Waals surface area contributed by atoms with Crippen LogP contribution >= 0.6 is 0 Å². The van der Waals surface area contributed by atoms with Gasteiger partial charge in [-0.3, -0.25) is 42.3 Å². The van der Waals surface area contributed by atoms with E-state index in [1.165, 1.54) is 34.4 Å². The fourth-order valence-electron chi connectivity index (χ4n) is 8.06. The third-order valence-electron chi connectivity index (χ3n) is 11.4. The van der Waals surface area contributed by atoms with Crippen molar-refractivity contribution in [2.75, 3.05) is 129 Å². The topological polar surface area (TPSA) is 224 Å². The molecule has 8 rings (SSSR count).